The van der Waals surface area contributed by atoms with Crippen LogP contribution in [-0.4, -0.2) is 4.98 Å². The van der Waals surface area contributed by atoms with E-state index in [1.54, 1.807) is 11.1 Å². The van der Waals surface area contributed by atoms with Crippen molar-refractivity contribution < 1.29 is 0 Å². The molecule has 0 N–H and O–H groups in total. The Morgan fingerprint density at radius 1 is 0.696 bits per heavy atom. The summed E-state index contributed by atoms with van der Waals surface area (Å²) in [6.07, 6.45) is 8.12. The Bertz CT molecular complexity index is 893. The SMILES string of the molecule is c1ccc(-c2cccc3c2Cc2cc4c(cc2-3)CCCC4)nc1. The van der Waals surface area contributed by atoms with E-state index in [-0.39, 0.29) is 0 Å². The number of fused-ring (bicyclic) bond motifs is 4. The Morgan fingerprint density at radius 3 is 2.35 bits per heavy atom. The maximum atomic E-state index is 4.57. The van der Waals surface area contributed by atoms with Gasteiger partial charge in [-0.2, -0.15) is 0 Å². The molecular formula is C22H19N. The molecule has 1 nitrogen and oxygen atoms in total. The Balaban J connectivity index is 1.69. The average molecular weight is 297 g/mol. The number of rotatable bonds is 1. The number of hydrogen-bond donors (Lipinski definition) is 0. The topological polar surface area (TPSA) is 12.9 Å². The van der Waals surface area contributed by atoms with Gasteiger partial charge in [0.1, 0.15) is 0 Å². The highest BCUT2D eigenvalue weighted by Crippen LogP contribution is 2.43. The van der Waals surface area contributed by atoms with Gasteiger partial charge >= 0.3 is 0 Å². The van der Waals surface area contributed by atoms with Gasteiger partial charge in [-0.1, -0.05) is 36.4 Å². The molecule has 0 amide bonds. The van der Waals surface area contributed by atoms with Gasteiger partial charge in [-0.05, 0) is 77.6 Å². The van der Waals surface area contributed by atoms with Crippen molar-refractivity contribution in [3.8, 4) is 22.4 Å². The lowest BCUT2D eigenvalue weighted by atomic mass is 9.88. The maximum absolute atomic E-state index is 4.57. The molecule has 3 aromatic rings. The van der Waals surface area contributed by atoms with Gasteiger partial charge in [0.2, 0.25) is 0 Å². The van der Waals surface area contributed by atoms with Crippen LogP contribution in [0.3, 0.4) is 0 Å². The van der Waals surface area contributed by atoms with Crippen molar-refractivity contribution in [1.82, 2.24) is 4.98 Å². The van der Waals surface area contributed by atoms with Crippen molar-refractivity contribution in [2.45, 2.75) is 32.1 Å². The first-order chi connectivity index (χ1) is 11.4. The highest BCUT2D eigenvalue weighted by Gasteiger charge is 2.24. The summed E-state index contributed by atoms with van der Waals surface area (Å²) in [6, 6.07) is 17.8. The van der Waals surface area contributed by atoms with Crippen LogP contribution in [0.5, 0.6) is 0 Å². The number of aromatic nitrogens is 1. The maximum Gasteiger partial charge on any atom is 0.0705 e. The molecule has 0 unspecified atom stereocenters. The third-order valence-corrected chi connectivity index (χ3v) is 5.34. The summed E-state index contributed by atoms with van der Waals surface area (Å²) >= 11 is 0. The minimum absolute atomic E-state index is 1.05. The van der Waals surface area contributed by atoms with E-state index >= 15 is 0 Å². The minimum atomic E-state index is 1.05. The molecule has 0 saturated carbocycles. The van der Waals surface area contributed by atoms with Crippen molar-refractivity contribution in [3.63, 3.8) is 0 Å². The van der Waals surface area contributed by atoms with E-state index in [0.29, 0.717) is 0 Å². The third-order valence-electron chi connectivity index (χ3n) is 5.34. The Labute approximate surface area is 137 Å². The van der Waals surface area contributed by atoms with E-state index in [4.69, 9.17) is 0 Å². The summed E-state index contributed by atoms with van der Waals surface area (Å²) in [5.74, 6) is 0. The summed E-state index contributed by atoms with van der Waals surface area (Å²) in [7, 11) is 0. The normalized spacial score (nSPS) is 15.0. The molecule has 5 rings (SSSR count). The average Bonchev–Trinajstić information content (AvgIpc) is 2.98. The molecule has 1 heterocycles. The number of benzene rings is 2. The van der Waals surface area contributed by atoms with Crippen LogP contribution in [0, 0.1) is 0 Å². The van der Waals surface area contributed by atoms with Crippen LogP contribution in [0.4, 0.5) is 0 Å². The number of pyridine rings is 1. The highest BCUT2D eigenvalue weighted by molar-refractivity contribution is 5.84. The molecule has 0 fully saturated rings. The van der Waals surface area contributed by atoms with Crippen LogP contribution in [0.2, 0.25) is 0 Å². The smallest absolute Gasteiger partial charge is 0.0705 e. The van der Waals surface area contributed by atoms with Crippen molar-refractivity contribution in [1.29, 1.82) is 0 Å². The summed E-state index contributed by atoms with van der Waals surface area (Å²) in [4.78, 5) is 4.57. The molecule has 2 aliphatic rings. The van der Waals surface area contributed by atoms with Crippen molar-refractivity contribution >= 4 is 0 Å². The lowest BCUT2D eigenvalue weighted by Crippen LogP contribution is -2.03. The Hall–Kier alpha value is -2.41. The van der Waals surface area contributed by atoms with Crippen LogP contribution in [0.25, 0.3) is 22.4 Å². The van der Waals surface area contributed by atoms with Crippen molar-refractivity contribution in [2.75, 3.05) is 0 Å². The van der Waals surface area contributed by atoms with Crippen LogP contribution in [-0.2, 0) is 19.3 Å². The second-order valence-electron chi connectivity index (χ2n) is 6.71. The molecular weight excluding hydrogens is 278 g/mol. The molecule has 0 spiro atoms. The van der Waals surface area contributed by atoms with Gasteiger partial charge in [-0.25, -0.2) is 0 Å². The van der Waals surface area contributed by atoms with Crippen LogP contribution < -0.4 is 0 Å². The molecule has 1 aromatic heterocycles. The monoisotopic (exact) mass is 297 g/mol. The van der Waals surface area contributed by atoms with Gasteiger partial charge < -0.3 is 0 Å². The van der Waals surface area contributed by atoms with Gasteiger partial charge in [0.15, 0.2) is 0 Å². The zero-order valence-corrected chi connectivity index (χ0v) is 13.2. The van der Waals surface area contributed by atoms with E-state index in [9.17, 15) is 0 Å². The van der Waals surface area contributed by atoms with Crippen molar-refractivity contribution in [3.05, 3.63) is 77.0 Å². The van der Waals surface area contributed by atoms with Gasteiger partial charge in [-0.15, -0.1) is 0 Å². The van der Waals surface area contributed by atoms with Crippen LogP contribution >= 0.6 is 0 Å². The van der Waals surface area contributed by atoms with Crippen molar-refractivity contribution in [2.24, 2.45) is 0 Å². The standard InChI is InChI=1S/C22H19N/c1-2-7-16-13-20-17(12-15(16)6-1)14-21-18(20)8-5-9-19(21)22-10-3-4-11-23-22/h3-5,8-13H,1-2,6-7,14H2. The van der Waals surface area contributed by atoms with Crippen LogP contribution in [0.1, 0.15) is 35.1 Å². The van der Waals surface area contributed by atoms with Gasteiger partial charge in [0.05, 0.1) is 5.69 Å². The summed E-state index contributed by atoms with van der Waals surface area (Å²) in [5, 5.41) is 0. The largest absolute Gasteiger partial charge is 0.256 e. The lowest BCUT2D eigenvalue weighted by Gasteiger charge is -2.17. The summed E-state index contributed by atoms with van der Waals surface area (Å²) in [6.45, 7) is 0. The number of aryl methyl sites for hydroxylation is 2. The fourth-order valence-electron chi connectivity index (χ4n) is 4.22. The zero-order chi connectivity index (χ0) is 15.2. The molecule has 0 saturated heterocycles. The highest BCUT2D eigenvalue weighted by atomic mass is 14.7. The first kappa shape index (κ1) is 13.1. The van der Waals surface area contributed by atoms with Crippen LogP contribution in [0.15, 0.2) is 54.7 Å². The molecule has 1 heteroatoms. The Kier molecular flexibility index (Phi) is 2.87. The first-order valence-electron chi connectivity index (χ1n) is 8.58. The zero-order valence-electron chi connectivity index (χ0n) is 13.2. The van der Waals surface area contributed by atoms with Gasteiger partial charge in [-0.3, -0.25) is 4.98 Å². The third kappa shape index (κ3) is 2.03. The lowest BCUT2D eigenvalue weighted by molar-refractivity contribution is 0.685. The molecule has 0 bridgehead atoms. The van der Waals surface area contributed by atoms with E-state index in [1.165, 1.54) is 53.5 Å². The minimum Gasteiger partial charge on any atom is -0.256 e. The van der Waals surface area contributed by atoms with Gasteiger partial charge in [0, 0.05) is 11.8 Å². The molecule has 0 aliphatic heterocycles. The molecule has 23 heavy (non-hydrogen) atoms. The summed E-state index contributed by atoms with van der Waals surface area (Å²) in [5.41, 5.74) is 11.4. The molecule has 0 radical (unpaired) electrons. The van der Waals surface area contributed by atoms with E-state index < -0.39 is 0 Å². The second-order valence-corrected chi connectivity index (χ2v) is 6.71. The van der Waals surface area contributed by atoms with Gasteiger partial charge in [0.25, 0.3) is 0 Å². The molecule has 2 aliphatic carbocycles. The van der Waals surface area contributed by atoms with E-state index in [2.05, 4.69) is 47.4 Å². The molecule has 2 aromatic carbocycles. The second kappa shape index (κ2) is 5.06. The van der Waals surface area contributed by atoms with E-state index in [0.717, 1.165) is 12.1 Å². The Morgan fingerprint density at radius 2 is 1.52 bits per heavy atom. The predicted molar refractivity (Wildman–Crippen MR) is 94.6 cm³/mol. The fourth-order valence-corrected chi connectivity index (χ4v) is 4.22. The molecule has 112 valence electrons. The fraction of sp³-hybridized carbons (Fsp3) is 0.227. The molecule has 0 atom stereocenters. The quantitative estimate of drug-likeness (QED) is 0.470. The summed E-state index contributed by atoms with van der Waals surface area (Å²) < 4.78 is 0. The first-order valence-corrected chi connectivity index (χ1v) is 8.58. The number of hydrogen-bond acceptors (Lipinski definition) is 1. The predicted octanol–water partition coefficient (Wildman–Crippen LogP) is 5.20. The number of nitrogens with zero attached hydrogens (tertiary/aromatic N) is 1. The van der Waals surface area contributed by atoms with E-state index in [1.807, 2.05) is 12.3 Å².